The number of esters is 2. The molecule has 2 bridgehead atoms. The molecule has 0 unspecified atom stereocenters. The number of ether oxygens (including phenoxy) is 3. The van der Waals surface area contributed by atoms with Crippen LogP contribution in [0.15, 0.2) is 24.3 Å². The van der Waals surface area contributed by atoms with Crippen molar-refractivity contribution in [1.29, 1.82) is 0 Å². The van der Waals surface area contributed by atoms with Crippen LogP contribution in [0.5, 0.6) is 11.5 Å². The summed E-state index contributed by atoms with van der Waals surface area (Å²) in [6.07, 6.45) is 5.33. The molecule has 1 saturated heterocycles. The summed E-state index contributed by atoms with van der Waals surface area (Å²) in [5.74, 6) is 0.479. The highest BCUT2D eigenvalue weighted by Gasteiger charge is 2.65. The van der Waals surface area contributed by atoms with E-state index < -0.39 is 6.10 Å². The molecule has 31 heavy (non-hydrogen) atoms. The number of rotatable bonds is 4. The molecule has 0 saturated carbocycles. The molecule has 2 aliphatic heterocycles. The maximum absolute atomic E-state index is 12.5. The van der Waals surface area contributed by atoms with Gasteiger partial charge in [-0.3, -0.25) is 9.59 Å². The van der Waals surface area contributed by atoms with Crippen LogP contribution in [0.1, 0.15) is 45.2 Å². The Kier molecular flexibility index (Phi) is 4.70. The molecule has 1 fully saturated rings. The average molecular weight is 426 g/mol. The molecule has 166 valence electrons. The highest BCUT2D eigenvalue weighted by Crippen LogP contribution is 2.62. The Balaban J connectivity index is 1.63. The van der Waals surface area contributed by atoms with E-state index >= 15 is 0 Å². The van der Waals surface area contributed by atoms with Crippen molar-refractivity contribution in [3.63, 3.8) is 0 Å². The second kappa shape index (κ2) is 7.09. The smallest absolute Gasteiger partial charge is 0.313 e. The van der Waals surface area contributed by atoms with Crippen molar-refractivity contribution in [2.75, 3.05) is 13.6 Å². The van der Waals surface area contributed by atoms with Crippen LogP contribution < -0.4 is 9.47 Å². The van der Waals surface area contributed by atoms with Crippen LogP contribution in [-0.2, 0) is 26.2 Å². The fourth-order valence-corrected chi connectivity index (χ4v) is 5.89. The van der Waals surface area contributed by atoms with E-state index in [2.05, 4.69) is 24.1 Å². The van der Waals surface area contributed by atoms with E-state index in [-0.39, 0.29) is 41.2 Å². The van der Waals surface area contributed by atoms with Crippen LogP contribution >= 0.6 is 0 Å². The van der Waals surface area contributed by atoms with Gasteiger partial charge in [-0.15, -0.1) is 0 Å². The van der Waals surface area contributed by atoms with Gasteiger partial charge >= 0.3 is 11.9 Å². The van der Waals surface area contributed by atoms with Gasteiger partial charge in [-0.25, -0.2) is 0 Å². The Morgan fingerprint density at radius 1 is 1.13 bits per heavy atom. The molecule has 1 aromatic rings. The minimum atomic E-state index is -0.456. The van der Waals surface area contributed by atoms with Crippen molar-refractivity contribution in [1.82, 2.24) is 4.90 Å². The SMILES string of the molecule is CC(C)C(=O)Oc1ccc2c3c1O[C@H]1[C@@H](OC(=O)C(C)C)C=C[C@H]4[C@@H](C2)N(C)CC[C@@]341. The molecule has 1 aromatic carbocycles. The van der Waals surface area contributed by atoms with Crippen molar-refractivity contribution >= 4 is 11.9 Å². The van der Waals surface area contributed by atoms with Gasteiger partial charge in [0.25, 0.3) is 0 Å². The Hall–Kier alpha value is -2.34. The first-order valence-electron chi connectivity index (χ1n) is 11.4. The molecule has 0 aromatic heterocycles. The molecule has 2 heterocycles. The second-order valence-corrected chi connectivity index (χ2v) is 10.1. The van der Waals surface area contributed by atoms with Crippen molar-refractivity contribution in [3.05, 3.63) is 35.4 Å². The Morgan fingerprint density at radius 3 is 2.58 bits per heavy atom. The molecule has 6 heteroatoms. The van der Waals surface area contributed by atoms with E-state index in [1.807, 2.05) is 39.8 Å². The van der Waals surface area contributed by atoms with Gasteiger partial charge in [0.2, 0.25) is 0 Å². The lowest BCUT2D eigenvalue weighted by Gasteiger charge is -2.56. The lowest BCUT2D eigenvalue weighted by molar-refractivity contribution is -0.158. The quantitative estimate of drug-likeness (QED) is 0.419. The van der Waals surface area contributed by atoms with Gasteiger partial charge in [-0.1, -0.05) is 39.8 Å². The van der Waals surface area contributed by atoms with E-state index in [1.54, 1.807) is 0 Å². The molecule has 5 rings (SSSR count). The van der Waals surface area contributed by atoms with Crippen molar-refractivity contribution in [2.45, 2.75) is 64.2 Å². The molecule has 6 nitrogen and oxygen atoms in total. The van der Waals surface area contributed by atoms with Crippen molar-refractivity contribution in [3.8, 4) is 11.5 Å². The fourth-order valence-electron chi connectivity index (χ4n) is 5.89. The van der Waals surface area contributed by atoms with Crippen molar-refractivity contribution < 1.29 is 23.8 Å². The van der Waals surface area contributed by atoms with Gasteiger partial charge in [-0.05, 0) is 44.1 Å². The summed E-state index contributed by atoms with van der Waals surface area (Å²) < 4.78 is 18.3. The number of piperidine rings is 1. The molecule has 0 amide bonds. The number of likely N-dealkylation sites (tertiary alicyclic amines) is 1. The maximum atomic E-state index is 12.5. The minimum Gasteiger partial charge on any atom is -0.481 e. The van der Waals surface area contributed by atoms with E-state index in [0.29, 0.717) is 17.5 Å². The Morgan fingerprint density at radius 2 is 1.87 bits per heavy atom. The molecule has 0 radical (unpaired) electrons. The first-order valence-corrected chi connectivity index (χ1v) is 11.4. The Labute approximate surface area is 183 Å². The van der Waals surface area contributed by atoms with Crippen LogP contribution in [0, 0.1) is 17.8 Å². The van der Waals surface area contributed by atoms with E-state index in [4.69, 9.17) is 14.2 Å². The lowest BCUT2D eigenvalue weighted by Crippen LogP contribution is -2.65. The number of carbonyl (C=O) groups is 2. The van der Waals surface area contributed by atoms with E-state index in [9.17, 15) is 9.59 Å². The number of benzene rings is 1. The summed E-state index contributed by atoms with van der Waals surface area (Å²) in [6.45, 7) is 8.28. The molecule has 1 spiro atoms. The standard InChI is InChI=1S/C25H31NO5/c1-13(2)23(27)29-18-8-6-15-12-17-16-7-9-19(30-24(28)14(3)4)22-25(16,10-11-26(17)5)20(15)21(18)31-22/h6-9,13-14,16-17,19,22H,10-12H2,1-5H3/t16-,17+,19-,22-,25-/m0/s1. The number of likely N-dealkylation sites (N-methyl/N-ethyl adjacent to an activating group) is 1. The highest BCUT2D eigenvalue weighted by molar-refractivity contribution is 5.76. The average Bonchev–Trinajstić information content (AvgIpc) is 3.08. The van der Waals surface area contributed by atoms with Gasteiger partial charge in [-0.2, -0.15) is 0 Å². The summed E-state index contributed by atoms with van der Waals surface area (Å²) >= 11 is 0. The zero-order valence-electron chi connectivity index (χ0n) is 18.9. The van der Waals surface area contributed by atoms with E-state index in [0.717, 1.165) is 24.9 Å². The van der Waals surface area contributed by atoms with Crippen LogP contribution in [-0.4, -0.2) is 48.7 Å². The summed E-state index contributed by atoms with van der Waals surface area (Å²) in [5.41, 5.74) is 2.14. The van der Waals surface area contributed by atoms with Crippen LogP contribution in [0.3, 0.4) is 0 Å². The lowest BCUT2D eigenvalue weighted by atomic mass is 9.53. The fraction of sp³-hybridized carbons (Fsp3) is 0.600. The van der Waals surface area contributed by atoms with Crippen LogP contribution in [0.4, 0.5) is 0 Å². The highest BCUT2D eigenvalue weighted by atomic mass is 16.6. The first-order chi connectivity index (χ1) is 14.7. The molecular formula is C25H31NO5. The van der Waals surface area contributed by atoms with Gasteiger partial charge in [0, 0.05) is 22.9 Å². The molecule has 0 N–H and O–H groups in total. The van der Waals surface area contributed by atoms with Crippen molar-refractivity contribution in [2.24, 2.45) is 17.8 Å². The predicted molar refractivity (Wildman–Crippen MR) is 115 cm³/mol. The number of hydrogen-bond acceptors (Lipinski definition) is 6. The molecule has 4 aliphatic rings. The number of carbonyl (C=O) groups excluding carboxylic acids is 2. The third kappa shape index (κ3) is 2.87. The zero-order chi connectivity index (χ0) is 22.1. The predicted octanol–water partition coefficient (Wildman–Crippen LogP) is 3.26. The van der Waals surface area contributed by atoms with Gasteiger partial charge in [0.15, 0.2) is 17.6 Å². The topological polar surface area (TPSA) is 65.1 Å². The summed E-state index contributed by atoms with van der Waals surface area (Å²) in [5, 5.41) is 0. The van der Waals surface area contributed by atoms with Gasteiger partial charge in [0.1, 0.15) is 6.10 Å². The van der Waals surface area contributed by atoms with Crippen LogP contribution in [0.25, 0.3) is 0 Å². The molecule has 5 atom stereocenters. The third-order valence-electron chi connectivity index (χ3n) is 7.52. The number of nitrogens with zero attached hydrogens (tertiary/aromatic N) is 1. The normalized spacial score (nSPS) is 32.6. The monoisotopic (exact) mass is 425 g/mol. The maximum Gasteiger partial charge on any atom is 0.313 e. The largest absolute Gasteiger partial charge is 0.481 e. The molecule has 2 aliphatic carbocycles. The van der Waals surface area contributed by atoms with E-state index in [1.165, 1.54) is 5.56 Å². The second-order valence-electron chi connectivity index (χ2n) is 10.1. The zero-order valence-corrected chi connectivity index (χ0v) is 18.9. The number of hydrogen-bond donors (Lipinski definition) is 0. The minimum absolute atomic E-state index is 0.206. The summed E-state index contributed by atoms with van der Waals surface area (Å²) in [4.78, 5) is 27.3. The third-order valence-corrected chi connectivity index (χ3v) is 7.52. The summed E-state index contributed by atoms with van der Waals surface area (Å²) in [7, 11) is 2.19. The Bertz CT molecular complexity index is 967. The van der Waals surface area contributed by atoms with Gasteiger partial charge < -0.3 is 19.1 Å². The summed E-state index contributed by atoms with van der Waals surface area (Å²) in [6, 6.07) is 4.33. The molecular weight excluding hydrogens is 394 g/mol. The van der Waals surface area contributed by atoms with Gasteiger partial charge in [0.05, 0.1) is 11.8 Å². The van der Waals surface area contributed by atoms with Crippen LogP contribution in [0.2, 0.25) is 0 Å². The first kappa shape index (κ1) is 20.6.